The largest absolute Gasteiger partial charge is 0.394 e. The van der Waals surface area contributed by atoms with Gasteiger partial charge >= 0.3 is 0 Å². The molecule has 0 unspecified atom stereocenters. The molecule has 0 aliphatic heterocycles. The molecule has 0 aromatic carbocycles. The van der Waals surface area contributed by atoms with Crippen molar-refractivity contribution < 1.29 is 9.90 Å². The lowest BCUT2D eigenvalue weighted by Crippen LogP contribution is -2.44. The number of carbonyl (C=O) groups is 1. The molecule has 0 heterocycles. The minimum absolute atomic E-state index is 0.0162. The number of carbonyl (C=O) groups excluding carboxylic acids is 1. The molecule has 0 aromatic rings. The first kappa shape index (κ1) is 25.8. The molecule has 3 nitrogen and oxygen atoms in total. The van der Waals surface area contributed by atoms with Gasteiger partial charge in [-0.3, -0.25) is 4.79 Å². The number of unbranched alkanes of at least 4 members (excludes halogenated alkanes) is 11. The zero-order valence-corrected chi connectivity index (χ0v) is 18.8. The predicted molar refractivity (Wildman–Crippen MR) is 117 cm³/mol. The van der Waals surface area contributed by atoms with Crippen LogP contribution in [-0.2, 0) is 4.79 Å². The van der Waals surface area contributed by atoms with Crippen molar-refractivity contribution in [3.05, 3.63) is 0 Å². The van der Waals surface area contributed by atoms with E-state index < -0.39 is 5.41 Å². The Morgan fingerprint density at radius 2 is 1.35 bits per heavy atom. The van der Waals surface area contributed by atoms with Crippen molar-refractivity contribution in [2.24, 2.45) is 5.41 Å². The Labute approximate surface area is 167 Å². The van der Waals surface area contributed by atoms with E-state index in [-0.39, 0.29) is 18.6 Å². The first-order chi connectivity index (χ1) is 12.4. The molecule has 0 aliphatic carbocycles. The molecule has 2 N–H and O–H groups in total. The molecule has 0 aliphatic rings. The normalized spacial score (nSPS) is 13.0. The molecule has 0 fully saturated rings. The zero-order chi connectivity index (χ0) is 19.7. The van der Waals surface area contributed by atoms with Gasteiger partial charge < -0.3 is 10.4 Å². The van der Waals surface area contributed by atoms with E-state index in [0.717, 1.165) is 11.5 Å². The Bertz CT molecular complexity index is 329. The quantitative estimate of drug-likeness (QED) is 0.303. The summed E-state index contributed by atoms with van der Waals surface area (Å²) in [7, 11) is 0. The number of hydrogen-bond donors (Lipinski definition) is 2. The van der Waals surface area contributed by atoms with Crippen LogP contribution in [0.2, 0.25) is 0 Å². The van der Waals surface area contributed by atoms with Crippen molar-refractivity contribution >= 4 is 17.7 Å². The van der Waals surface area contributed by atoms with E-state index in [1.807, 2.05) is 32.5 Å². The summed E-state index contributed by atoms with van der Waals surface area (Å²) in [5.41, 5.74) is -0.395. The Balaban J connectivity index is 3.40. The molecule has 26 heavy (non-hydrogen) atoms. The van der Waals surface area contributed by atoms with Gasteiger partial charge in [-0.15, -0.1) is 0 Å². The highest BCUT2D eigenvalue weighted by molar-refractivity contribution is 7.99. The highest BCUT2D eigenvalue weighted by Gasteiger charge is 2.23. The van der Waals surface area contributed by atoms with Crippen molar-refractivity contribution in [3.63, 3.8) is 0 Å². The molecular weight excluding hydrogens is 342 g/mol. The SMILES string of the molecule is CCCCCCCCCCCCCCSC[C@H](CO)NC(=O)C(C)(C)C. The molecule has 0 bridgehead atoms. The summed E-state index contributed by atoms with van der Waals surface area (Å²) in [6, 6.07) is -0.121. The van der Waals surface area contributed by atoms with Crippen LogP contribution < -0.4 is 5.32 Å². The van der Waals surface area contributed by atoms with Crippen LogP contribution in [0.25, 0.3) is 0 Å². The maximum absolute atomic E-state index is 12.0. The fourth-order valence-corrected chi connectivity index (χ4v) is 3.86. The summed E-state index contributed by atoms with van der Waals surface area (Å²) in [6.07, 6.45) is 16.5. The average Bonchev–Trinajstić information content (AvgIpc) is 2.59. The van der Waals surface area contributed by atoms with Crippen LogP contribution in [-0.4, -0.2) is 35.2 Å². The highest BCUT2D eigenvalue weighted by atomic mass is 32.2. The van der Waals surface area contributed by atoms with Gasteiger partial charge in [0, 0.05) is 11.2 Å². The van der Waals surface area contributed by atoms with Gasteiger partial charge in [-0.25, -0.2) is 0 Å². The lowest BCUT2D eigenvalue weighted by atomic mass is 9.95. The van der Waals surface area contributed by atoms with E-state index in [1.165, 1.54) is 77.0 Å². The lowest BCUT2D eigenvalue weighted by Gasteiger charge is -2.22. The molecule has 156 valence electrons. The Morgan fingerprint density at radius 3 is 1.77 bits per heavy atom. The first-order valence-electron chi connectivity index (χ1n) is 10.9. The summed E-state index contributed by atoms with van der Waals surface area (Å²) in [5, 5.41) is 12.4. The van der Waals surface area contributed by atoms with Gasteiger partial charge in [-0.05, 0) is 12.2 Å². The van der Waals surface area contributed by atoms with Crippen LogP contribution in [0.4, 0.5) is 0 Å². The Morgan fingerprint density at radius 1 is 0.885 bits per heavy atom. The molecule has 0 spiro atoms. The van der Waals surface area contributed by atoms with Crippen LogP contribution in [0, 0.1) is 5.41 Å². The van der Waals surface area contributed by atoms with E-state index in [4.69, 9.17) is 0 Å². The third kappa shape index (κ3) is 16.0. The first-order valence-corrected chi connectivity index (χ1v) is 12.1. The van der Waals surface area contributed by atoms with Gasteiger partial charge in [-0.2, -0.15) is 11.8 Å². The minimum Gasteiger partial charge on any atom is -0.394 e. The monoisotopic (exact) mass is 387 g/mol. The predicted octanol–water partition coefficient (Wildman–Crippen LogP) is 5.94. The second-order valence-electron chi connectivity index (χ2n) is 8.57. The second-order valence-corrected chi connectivity index (χ2v) is 9.72. The molecule has 0 radical (unpaired) electrons. The molecule has 1 atom stereocenters. The van der Waals surface area contributed by atoms with Crippen LogP contribution in [0.5, 0.6) is 0 Å². The molecule has 0 rings (SSSR count). The van der Waals surface area contributed by atoms with Gasteiger partial charge in [0.1, 0.15) is 0 Å². The summed E-state index contributed by atoms with van der Waals surface area (Å²) >= 11 is 1.85. The smallest absolute Gasteiger partial charge is 0.225 e. The second kappa shape index (κ2) is 16.9. The standard InChI is InChI=1S/C22H45NO2S/c1-5-6-7-8-9-10-11-12-13-14-15-16-17-26-19-20(18-24)23-21(25)22(2,3)4/h20,24H,5-19H2,1-4H3,(H,23,25)/t20-/m0/s1. The number of rotatable bonds is 17. The summed E-state index contributed by atoms with van der Waals surface area (Å²) in [4.78, 5) is 12.0. The molecule has 0 saturated heterocycles. The minimum atomic E-state index is -0.395. The maximum atomic E-state index is 12.0. The molecule has 4 heteroatoms. The Hall–Kier alpha value is -0.220. The number of aliphatic hydroxyl groups is 1. The maximum Gasteiger partial charge on any atom is 0.225 e. The van der Waals surface area contributed by atoms with E-state index >= 15 is 0 Å². The molecule has 0 aromatic heterocycles. The van der Waals surface area contributed by atoms with E-state index in [9.17, 15) is 9.90 Å². The van der Waals surface area contributed by atoms with Crippen molar-refractivity contribution in [2.75, 3.05) is 18.1 Å². The summed E-state index contributed by atoms with van der Waals surface area (Å²) in [5.74, 6) is 1.94. The molecular formula is C22H45NO2S. The van der Waals surface area contributed by atoms with Crippen molar-refractivity contribution in [2.45, 2.75) is 111 Å². The van der Waals surface area contributed by atoms with Gasteiger partial charge in [0.05, 0.1) is 12.6 Å². The van der Waals surface area contributed by atoms with Crippen molar-refractivity contribution in [3.8, 4) is 0 Å². The number of amides is 1. The highest BCUT2D eigenvalue weighted by Crippen LogP contribution is 2.15. The number of thioether (sulfide) groups is 1. The van der Waals surface area contributed by atoms with Crippen LogP contribution in [0.1, 0.15) is 105 Å². The van der Waals surface area contributed by atoms with Crippen LogP contribution >= 0.6 is 11.8 Å². The lowest BCUT2D eigenvalue weighted by molar-refractivity contribution is -0.129. The molecule has 1 amide bonds. The van der Waals surface area contributed by atoms with Gasteiger partial charge in [0.15, 0.2) is 0 Å². The van der Waals surface area contributed by atoms with E-state index in [2.05, 4.69) is 12.2 Å². The van der Waals surface area contributed by atoms with E-state index in [0.29, 0.717) is 0 Å². The van der Waals surface area contributed by atoms with Crippen molar-refractivity contribution in [1.29, 1.82) is 0 Å². The number of nitrogens with one attached hydrogen (secondary N) is 1. The Kier molecular flexibility index (Phi) is 16.8. The summed E-state index contributed by atoms with van der Waals surface area (Å²) < 4.78 is 0. The average molecular weight is 388 g/mol. The van der Waals surface area contributed by atoms with Crippen molar-refractivity contribution in [1.82, 2.24) is 5.32 Å². The number of hydrogen-bond acceptors (Lipinski definition) is 3. The van der Waals surface area contributed by atoms with Gasteiger partial charge in [-0.1, -0.05) is 98.3 Å². The third-order valence-corrected chi connectivity index (χ3v) is 5.91. The molecule has 0 saturated carbocycles. The fourth-order valence-electron chi connectivity index (χ4n) is 2.81. The van der Waals surface area contributed by atoms with Crippen LogP contribution in [0.15, 0.2) is 0 Å². The van der Waals surface area contributed by atoms with Gasteiger partial charge in [0.2, 0.25) is 5.91 Å². The van der Waals surface area contributed by atoms with Gasteiger partial charge in [0.25, 0.3) is 0 Å². The topological polar surface area (TPSA) is 49.3 Å². The number of aliphatic hydroxyl groups excluding tert-OH is 1. The zero-order valence-electron chi connectivity index (χ0n) is 17.9. The summed E-state index contributed by atoms with van der Waals surface area (Å²) in [6.45, 7) is 7.99. The third-order valence-electron chi connectivity index (χ3n) is 4.70. The van der Waals surface area contributed by atoms with Crippen LogP contribution in [0.3, 0.4) is 0 Å². The fraction of sp³-hybridized carbons (Fsp3) is 0.955. The van der Waals surface area contributed by atoms with E-state index in [1.54, 1.807) is 0 Å².